The fraction of sp³-hybridized carbons (Fsp3) is 0.400. The summed E-state index contributed by atoms with van der Waals surface area (Å²) in [5.41, 5.74) is 1.13. The van der Waals surface area contributed by atoms with Crippen LogP contribution in [0.15, 0.2) is 35.5 Å². The van der Waals surface area contributed by atoms with Gasteiger partial charge >= 0.3 is 0 Å². The molecule has 6 nitrogen and oxygen atoms in total. The molecule has 1 unspecified atom stereocenters. The van der Waals surface area contributed by atoms with Gasteiger partial charge in [-0.05, 0) is 37.6 Å². The van der Waals surface area contributed by atoms with Crippen LogP contribution in [0.3, 0.4) is 0 Å². The maximum Gasteiger partial charge on any atom is 0.243 e. The molecule has 1 fully saturated rings. The van der Waals surface area contributed by atoms with Gasteiger partial charge in [-0.3, -0.25) is 0 Å². The molecule has 3 rings (SSSR count). The largest absolute Gasteiger partial charge is 0.314 e. The molecule has 0 radical (unpaired) electrons. The molecule has 8 heteroatoms. The summed E-state index contributed by atoms with van der Waals surface area (Å²) < 4.78 is 42.6. The SMILES string of the molecule is Cc1cnn(-c2ccc(S(=O)(=O)N3CCNCC3C)cc2F)c1. The van der Waals surface area contributed by atoms with Crippen LogP contribution in [-0.2, 0) is 10.0 Å². The smallest absolute Gasteiger partial charge is 0.243 e. The minimum absolute atomic E-state index is 0.0311. The first-order valence-corrected chi connectivity index (χ1v) is 8.87. The number of halogens is 1. The minimum atomic E-state index is -3.70. The van der Waals surface area contributed by atoms with E-state index in [-0.39, 0.29) is 16.6 Å². The molecule has 2 heterocycles. The fourth-order valence-electron chi connectivity index (χ4n) is 2.69. The zero-order chi connectivity index (χ0) is 16.6. The maximum atomic E-state index is 14.4. The number of hydrogen-bond donors (Lipinski definition) is 1. The summed E-state index contributed by atoms with van der Waals surface area (Å²) in [6.45, 7) is 5.25. The van der Waals surface area contributed by atoms with Crippen LogP contribution >= 0.6 is 0 Å². The summed E-state index contributed by atoms with van der Waals surface area (Å²) in [6, 6.07) is 3.78. The van der Waals surface area contributed by atoms with Gasteiger partial charge in [0.1, 0.15) is 11.5 Å². The molecule has 2 aromatic rings. The number of sulfonamides is 1. The second-order valence-electron chi connectivity index (χ2n) is 5.74. The van der Waals surface area contributed by atoms with Gasteiger partial charge in [0.05, 0.1) is 11.1 Å². The van der Waals surface area contributed by atoms with E-state index in [0.29, 0.717) is 19.6 Å². The van der Waals surface area contributed by atoms with Crippen molar-refractivity contribution in [3.05, 3.63) is 42.0 Å². The second-order valence-corrected chi connectivity index (χ2v) is 7.63. The summed E-state index contributed by atoms with van der Waals surface area (Å²) in [6.07, 6.45) is 3.30. The quantitative estimate of drug-likeness (QED) is 0.916. The number of benzene rings is 1. The van der Waals surface area contributed by atoms with Crippen LogP contribution in [0.4, 0.5) is 4.39 Å². The number of rotatable bonds is 3. The summed E-state index contributed by atoms with van der Waals surface area (Å²) in [4.78, 5) is -0.0311. The van der Waals surface area contributed by atoms with Crippen LogP contribution in [0.2, 0.25) is 0 Å². The zero-order valence-corrected chi connectivity index (χ0v) is 13.8. The number of piperazine rings is 1. The Bertz CT molecular complexity index is 819. The monoisotopic (exact) mass is 338 g/mol. The fourth-order valence-corrected chi connectivity index (χ4v) is 4.34. The van der Waals surface area contributed by atoms with E-state index in [2.05, 4.69) is 10.4 Å². The molecule has 0 saturated carbocycles. The van der Waals surface area contributed by atoms with E-state index in [1.807, 2.05) is 13.8 Å². The molecule has 1 atom stereocenters. The van der Waals surface area contributed by atoms with Gasteiger partial charge in [0.2, 0.25) is 10.0 Å². The highest BCUT2D eigenvalue weighted by molar-refractivity contribution is 7.89. The van der Waals surface area contributed by atoms with E-state index < -0.39 is 15.8 Å². The van der Waals surface area contributed by atoms with Crippen molar-refractivity contribution in [1.82, 2.24) is 19.4 Å². The highest BCUT2D eigenvalue weighted by Gasteiger charge is 2.31. The number of hydrogen-bond acceptors (Lipinski definition) is 4. The van der Waals surface area contributed by atoms with Crippen LogP contribution in [-0.4, -0.2) is 48.2 Å². The van der Waals surface area contributed by atoms with Gasteiger partial charge in [-0.15, -0.1) is 0 Å². The normalized spacial score (nSPS) is 19.9. The van der Waals surface area contributed by atoms with Crippen molar-refractivity contribution in [3.63, 3.8) is 0 Å². The number of aryl methyl sites for hydroxylation is 1. The number of nitrogens with zero attached hydrogens (tertiary/aromatic N) is 3. The Kier molecular flexibility index (Phi) is 4.22. The van der Waals surface area contributed by atoms with Crippen molar-refractivity contribution in [1.29, 1.82) is 0 Å². The molecule has 124 valence electrons. The van der Waals surface area contributed by atoms with Crippen LogP contribution in [0, 0.1) is 12.7 Å². The molecule has 1 saturated heterocycles. The Labute approximate surface area is 135 Å². The maximum absolute atomic E-state index is 14.4. The number of aromatic nitrogens is 2. The third-order valence-corrected chi connectivity index (χ3v) is 5.93. The van der Waals surface area contributed by atoms with Crippen molar-refractivity contribution < 1.29 is 12.8 Å². The Hall–Kier alpha value is -1.77. The molecular weight excluding hydrogens is 319 g/mol. The van der Waals surface area contributed by atoms with Crippen LogP contribution in [0.5, 0.6) is 0 Å². The molecule has 23 heavy (non-hydrogen) atoms. The van der Waals surface area contributed by atoms with Crippen LogP contribution in [0.25, 0.3) is 5.69 Å². The van der Waals surface area contributed by atoms with E-state index in [4.69, 9.17) is 0 Å². The predicted octanol–water partition coefficient (Wildman–Crippen LogP) is 1.30. The van der Waals surface area contributed by atoms with Crippen LogP contribution in [0.1, 0.15) is 12.5 Å². The summed E-state index contributed by atoms with van der Waals surface area (Å²) >= 11 is 0. The Balaban J connectivity index is 1.96. The molecule has 1 aromatic carbocycles. The van der Waals surface area contributed by atoms with Crippen molar-refractivity contribution >= 4 is 10.0 Å². The molecule has 0 spiro atoms. The predicted molar refractivity (Wildman–Crippen MR) is 84.5 cm³/mol. The van der Waals surface area contributed by atoms with Crippen LogP contribution < -0.4 is 5.32 Å². The highest BCUT2D eigenvalue weighted by Crippen LogP contribution is 2.23. The van der Waals surface area contributed by atoms with E-state index in [9.17, 15) is 12.8 Å². The van der Waals surface area contributed by atoms with Gasteiger partial charge < -0.3 is 5.32 Å². The molecule has 1 aliphatic rings. The van der Waals surface area contributed by atoms with Crippen molar-refractivity contribution in [2.24, 2.45) is 0 Å². The van der Waals surface area contributed by atoms with Gasteiger partial charge in [0, 0.05) is 31.9 Å². The average Bonchev–Trinajstić information content (AvgIpc) is 2.93. The van der Waals surface area contributed by atoms with E-state index >= 15 is 0 Å². The van der Waals surface area contributed by atoms with Gasteiger partial charge in [-0.1, -0.05) is 0 Å². The Morgan fingerprint density at radius 2 is 2.17 bits per heavy atom. The van der Waals surface area contributed by atoms with E-state index in [0.717, 1.165) is 11.6 Å². The van der Waals surface area contributed by atoms with E-state index in [1.54, 1.807) is 12.4 Å². The van der Waals surface area contributed by atoms with Gasteiger partial charge in [-0.25, -0.2) is 17.5 Å². The lowest BCUT2D eigenvalue weighted by molar-refractivity contribution is 0.284. The zero-order valence-electron chi connectivity index (χ0n) is 13.0. The second kappa shape index (κ2) is 6.03. The topological polar surface area (TPSA) is 67.2 Å². The molecule has 1 aromatic heterocycles. The summed E-state index contributed by atoms with van der Waals surface area (Å²) in [5.74, 6) is -0.614. The highest BCUT2D eigenvalue weighted by atomic mass is 32.2. The molecule has 0 amide bonds. The van der Waals surface area contributed by atoms with Crippen molar-refractivity contribution in [2.75, 3.05) is 19.6 Å². The van der Waals surface area contributed by atoms with Gasteiger partial charge in [0.15, 0.2) is 0 Å². The number of nitrogens with one attached hydrogen (secondary N) is 1. The van der Waals surface area contributed by atoms with Gasteiger partial charge in [-0.2, -0.15) is 9.40 Å². The average molecular weight is 338 g/mol. The first kappa shape index (κ1) is 16.1. The summed E-state index contributed by atoms with van der Waals surface area (Å²) in [7, 11) is -3.70. The lowest BCUT2D eigenvalue weighted by Crippen LogP contribution is -2.52. The van der Waals surface area contributed by atoms with Gasteiger partial charge in [0.25, 0.3) is 0 Å². The molecular formula is C15H19FN4O2S. The third-order valence-electron chi connectivity index (χ3n) is 3.92. The molecule has 0 bridgehead atoms. The molecule has 0 aliphatic carbocycles. The van der Waals surface area contributed by atoms with Crippen molar-refractivity contribution in [2.45, 2.75) is 24.8 Å². The third kappa shape index (κ3) is 3.01. The lowest BCUT2D eigenvalue weighted by Gasteiger charge is -2.32. The minimum Gasteiger partial charge on any atom is -0.314 e. The Morgan fingerprint density at radius 1 is 1.39 bits per heavy atom. The van der Waals surface area contributed by atoms with E-state index in [1.165, 1.54) is 21.1 Å². The first-order chi connectivity index (χ1) is 10.9. The molecule has 1 aliphatic heterocycles. The first-order valence-electron chi connectivity index (χ1n) is 7.43. The lowest BCUT2D eigenvalue weighted by atomic mass is 10.3. The molecule has 1 N–H and O–H groups in total. The summed E-state index contributed by atoms with van der Waals surface area (Å²) in [5, 5.41) is 7.19. The van der Waals surface area contributed by atoms with Crippen molar-refractivity contribution in [3.8, 4) is 5.69 Å². The standard InChI is InChI=1S/C15H19FN4O2S/c1-11-8-18-19(10-11)15-4-3-13(7-14(15)16)23(21,22)20-6-5-17-9-12(20)2/h3-4,7-8,10,12,17H,5-6,9H2,1-2H3. The Morgan fingerprint density at radius 3 is 2.78 bits per heavy atom.